The molecule has 2 atom stereocenters. The molecule has 1 saturated heterocycles. The largest absolute Gasteiger partial charge is 0.398 e. The average molecular weight is 426 g/mol. The van der Waals surface area contributed by atoms with E-state index in [1.54, 1.807) is 16.4 Å². The van der Waals surface area contributed by atoms with Crippen LogP contribution in [-0.2, 0) is 10.0 Å². The number of nitrogens with zero attached hydrogens (tertiary/aromatic N) is 1. The minimum absolute atomic E-state index is 0.0105. The first kappa shape index (κ1) is 16.3. The monoisotopic (exact) mass is 424 g/mol. The second-order valence-corrected chi connectivity index (χ2v) is 8.88. The van der Waals surface area contributed by atoms with Gasteiger partial charge in [0.1, 0.15) is 4.90 Å². The van der Waals surface area contributed by atoms with Crippen LogP contribution in [0.3, 0.4) is 0 Å². The molecule has 112 valence electrons. The molecule has 1 aromatic rings. The fraction of sp³-hybridized carbons (Fsp3) is 0.538. The van der Waals surface area contributed by atoms with Gasteiger partial charge in [-0.1, -0.05) is 22.9 Å². The van der Waals surface area contributed by atoms with Gasteiger partial charge >= 0.3 is 0 Å². The average Bonchev–Trinajstić information content (AvgIpc) is 2.30. The highest BCUT2D eigenvalue weighted by molar-refractivity contribution is 9.11. The van der Waals surface area contributed by atoms with E-state index in [4.69, 9.17) is 5.73 Å². The minimum atomic E-state index is -3.58. The van der Waals surface area contributed by atoms with Gasteiger partial charge in [-0.2, -0.15) is 4.31 Å². The Kier molecular flexibility index (Phi) is 4.83. The Hall–Kier alpha value is -0.110. The lowest BCUT2D eigenvalue weighted by atomic mass is 9.94. The predicted molar refractivity (Wildman–Crippen MR) is 88.0 cm³/mol. The van der Waals surface area contributed by atoms with E-state index >= 15 is 0 Å². The number of halogens is 2. The molecule has 4 nitrogen and oxygen atoms in total. The van der Waals surface area contributed by atoms with Gasteiger partial charge in [0.05, 0.1) is 5.69 Å². The van der Waals surface area contributed by atoms with Gasteiger partial charge in [-0.3, -0.25) is 0 Å². The summed E-state index contributed by atoms with van der Waals surface area (Å²) in [5.74, 6) is 0.356. The lowest BCUT2D eigenvalue weighted by molar-refractivity contribution is 0.202. The summed E-state index contributed by atoms with van der Waals surface area (Å²) in [6.07, 6.45) is 1.95. The normalized spacial score (nSPS) is 24.8. The molecule has 0 spiro atoms. The Morgan fingerprint density at radius 2 is 1.95 bits per heavy atom. The molecule has 0 amide bonds. The SMILES string of the molecule is CC1CCCN(S(=O)(=O)c2c(N)cc(Br)cc2Br)C1C. The van der Waals surface area contributed by atoms with Gasteiger partial charge in [-0.25, -0.2) is 8.42 Å². The molecule has 0 aliphatic carbocycles. The van der Waals surface area contributed by atoms with E-state index in [1.165, 1.54) is 0 Å². The number of hydrogen-bond acceptors (Lipinski definition) is 3. The van der Waals surface area contributed by atoms with Crippen molar-refractivity contribution in [3.63, 3.8) is 0 Å². The number of rotatable bonds is 2. The fourth-order valence-corrected chi connectivity index (χ4v) is 6.39. The highest BCUT2D eigenvalue weighted by Gasteiger charge is 2.36. The van der Waals surface area contributed by atoms with Gasteiger partial charge in [-0.15, -0.1) is 0 Å². The highest BCUT2D eigenvalue weighted by Crippen LogP contribution is 2.36. The van der Waals surface area contributed by atoms with E-state index in [2.05, 4.69) is 38.8 Å². The molecule has 1 aliphatic heterocycles. The van der Waals surface area contributed by atoms with Crippen LogP contribution >= 0.6 is 31.9 Å². The molecule has 0 radical (unpaired) electrons. The zero-order chi connectivity index (χ0) is 15.1. The van der Waals surface area contributed by atoms with Crippen molar-refractivity contribution in [1.82, 2.24) is 4.31 Å². The van der Waals surface area contributed by atoms with Crippen LogP contribution < -0.4 is 5.73 Å². The smallest absolute Gasteiger partial charge is 0.246 e. The summed E-state index contributed by atoms with van der Waals surface area (Å²) in [7, 11) is -3.58. The van der Waals surface area contributed by atoms with Crippen LogP contribution in [0.2, 0.25) is 0 Å². The van der Waals surface area contributed by atoms with Gasteiger partial charge in [0.15, 0.2) is 0 Å². The Bertz CT molecular complexity index is 596. The number of nitrogen functional groups attached to an aromatic ring is 1. The van der Waals surface area contributed by atoms with Crippen molar-refractivity contribution in [2.75, 3.05) is 12.3 Å². The standard InChI is InChI=1S/C13H18Br2N2O2S/c1-8-4-3-5-17(9(8)2)20(18,19)13-11(15)6-10(14)7-12(13)16/h6-9H,3-5,16H2,1-2H3. The summed E-state index contributed by atoms with van der Waals surface area (Å²) in [6, 6.07) is 3.32. The summed E-state index contributed by atoms with van der Waals surface area (Å²) in [4.78, 5) is 0.168. The number of benzene rings is 1. The van der Waals surface area contributed by atoms with Crippen molar-refractivity contribution in [2.45, 2.75) is 37.6 Å². The minimum Gasteiger partial charge on any atom is -0.398 e. The number of piperidine rings is 1. The topological polar surface area (TPSA) is 63.4 Å². The molecule has 0 bridgehead atoms. The molecule has 7 heteroatoms. The van der Waals surface area contributed by atoms with Crippen LogP contribution in [0.25, 0.3) is 0 Å². The van der Waals surface area contributed by atoms with Crippen molar-refractivity contribution in [3.8, 4) is 0 Å². The lowest BCUT2D eigenvalue weighted by Crippen LogP contribution is -2.46. The van der Waals surface area contributed by atoms with Gasteiger partial charge in [0.25, 0.3) is 0 Å². The molecule has 1 fully saturated rings. The van der Waals surface area contributed by atoms with Crippen LogP contribution in [0.15, 0.2) is 26.0 Å². The van der Waals surface area contributed by atoms with Crippen LogP contribution in [0.5, 0.6) is 0 Å². The molecule has 1 heterocycles. The van der Waals surface area contributed by atoms with Gasteiger partial charge in [0, 0.05) is 21.5 Å². The maximum absolute atomic E-state index is 12.9. The molecule has 2 unspecified atom stereocenters. The molecule has 20 heavy (non-hydrogen) atoms. The van der Waals surface area contributed by atoms with Crippen LogP contribution in [0.4, 0.5) is 5.69 Å². The Balaban J connectivity index is 2.50. The van der Waals surface area contributed by atoms with Crippen LogP contribution in [-0.4, -0.2) is 25.3 Å². The maximum Gasteiger partial charge on any atom is 0.246 e. The zero-order valence-electron chi connectivity index (χ0n) is 11.4. The third kappa shape index (κ3) is 2.91. The number of anilines is 1. The summed E-state index contributed by atoms with van der Waals surface area (Å²) < 4.78 is 28.6. The lowest BCUT2D eigenvalue weighted by Gasteiger charge is -2.37. The first-order valence-electron chi connectivity index (χ1n) is 6.51. The zero-order valence-corrected chi connectivity index (χ0v) is 15.4. The second kappa shape index (κ2) is 5.94. The Morgan fingerprint density at radius 1 is 1.30 bits per heavy atom. The quantitative estimate of drug-likeness (QED) is 0.736. The fourth-order valence-electron chi connectivity index (χ4n) is 2.61. The van der Waals surface area contributed by atoms with E-state index < -0.39 is 10.0 Å². The van der Waals surface area contributed by atoms with E-state index in [0.29, 0.717) is 16.9 Å². The molecule has 2 N–H and O–H groups in total. The molecular weight excluding hydrogens is 408 g/mol. The van der Waals surface area contributed by atoms with Crippen LogP contribution in [0, 0.1) is 5.92 Å². The molecule has 1 aromatic carbocycles. The van der Waals surface area contributed by atoms with E-state index in [0.717, 1.165) is 17.3 Å². The van der Waals surface area contributed by atoms with Crippen molar-refractivity contribution < 1.29 is 8.42 Å². The van der Waals surface area contributed by atoms with E-state index in [1.807, 2.05) is 6.92 Å². The summed E-state index contributed by atoms with van der Waals surface area (Å²) in [6.45, 7) is 4.60. The summed E-state index contributed by atoms with van der Waals surface area (Å²) >= 11 is 6.63. The second-order valence-electron chi connectivity index (χ2n) is 5.28. The Morgan fingerprint density at radius 3 is 2.55 bits per heavy atom. The maximum atomic E-state index is 12.9. The van der Waals surface area contributed by atoms with Crippen molar-refractivity contribution in [2.24, 2.45) is 5.92 Å². The third-order valence-corrected chi connectivity index (χ3v) is 7.37. The van der Waals surface area contributed by atoms with Gasteiger partial charge in [0.2, 0.25) is 10.0 Å². The van der Waals surface area contributed by atoms with Crippen molar-refractivity contribution >= 4 is 47.6 Å². The Labute approximate surface area is 137 Å². The number of hydrogen-bond donors (Lipinski definition) is 1. The van der Waals surface area contributed by atoms with Crippen molar-refractivity contribution in [1.29, 1.82) is 0 Å². The first-order valence-corrected chi connectivity index (χ1v) is 9.54. The van der Waals surface area contributed by atoms with Crippen LogP contribution in [0.1, 0.15) is 26.7 Å². The number of sulfonamides is 1. The molecule has 2 rings (SSSR count). The molecule has 0 aromatic heterocycles. The van der Waals surface area contributed by atoms with Gasteiger partial charge in [-0.05, 0) is 53.7 Å². The summed E-state index contributed by atoms with van der Waals surface area (Å²) in [5, 5.41) is 0. The highest BCUT2D eigenvalue weighted by atomic mass is 79.9. The van der Waals surface area contributed by atoms with E-state index in [-0.39, 0.29) is 16.6 Å². The van der Waals surface area contributed by atoms with Gasteiger partial charge < -0.3 is 5.73 Å². The predicted octanol–water partition coefficient (Wildman–Crippen LogP) is 3.60. The third-order valence-electron chi connectivity index (χ3n) is 3.92. The number of nitrogens with two attached hydrogens (primary N) is 1. The molecule has 1 aliphatic rings. The summed E-state index contributed by atoms with van der Waals surface area (Å²) in [5.41, 5.74) is 6.19. The molecular formula is C13H18Br2N2O2S. The van der Waals surface area contributed by atoms with E-state index in [9.17, 15) is 8.42 Å². The van der Waals surface area contributed by atoms with Crippen molar-refractivity contribution in [3.05, 3.63) is 21.1 Å². The molecule has 0 saturated carbocycles. The first-order chi connectivity index (χ1) is 9.25.